The second-order valence-electron chi connectivity index (χ2n) is 6.55. The van der Waals surface area contributed by atoms with Gasteiger partial charge in [-0.15, -0.1) is 12.4 Å². The lowest BCUT2D eigenvalue weighted by molar-refractivity contribution is -0.122. The van der Waals surface area contributed by atoms with Gasteiger partial charge in [-0.3, -0.25) is 4.40 Å². The maximum atomic E-state index is 12.2. The van der Waals surface area contributed by atoms with Gasteiger partial charge in [-0.05, 0) is 24.3 Å². The summed E-state index contributed by atoms with van der Waals surface area (Å²) >= 11 is 0. The van der Waals surface area contributed by atoms with E-state index in [1.807, 2.05) is 10.5 Å². The lowest BCUT2D eigenvalue weighted by Gasteiger charge is -2.11. The third-order valence-electron chi connectivity index (χ3n) is 4.31. The molecule has 0 bridgehead atoms. The zero-order valence-corrected chi connectivity index (χ0v) is 17.0. The van der Waals surface area contributed by atoms with Crippen LogP contribution in [0.4, 0.5) is 23.7 Å². The topological polar surface area (TPSA) is 104 Å². The van der Waals surface area contributed by atoms with E-state index in [1.54, 1.807) is 48.0 Å². The Morgan fingerprint density at radius 1 is 1.03 bits per heavy atom. The molecule has 0 aliphatic heterocycles. The van der Waals surface area contributed by atoms with Gasteiger partial charge in [-0.1, -0.05) is 12.1 Å². The molecule has 4 aromatic rings. The molecule has 3 aromatic heterocycles. The number of hydrogen-bond acceptors (Lipinski definition) is 5. The van der Waals surface area contributed by atoms with Crippen LogP contribution in [0.15, 0.2) is 61.2 Å². The van der Waals surface area contributed by atoms with Gasteiger partial charge in [0.1, 0.15) is 12.2 Å². The van der Waals surface area contributed by atoms with Crippen molar-refractivity contribution in [2.45, 2.75) is 6.18 Å². The highest BCUT2D eigenvalue weighted by Gasteiger charge is 2.27. The molecule has 0 saturated heterocycles. The molecule has 0 aliphatic carbocycles. The highest BCUT2D eigenvalue weighted by molar-refractivity contribution is 5.90. The summed E-state index contributed by atoms with van der Waals surface area (Å²) in [7, 11) is 0. The van der Waals surface area contributed by atoms with Crippen LogP contribution in [0.25, 0.3) is 28.2 Å². The number of aromatic nitrogens is 4. The van der Waals surface area contributed by atoms with Gasteiger partial charge >= 0.3 is 12.2 Å². The molecule has 166 valence electrons. The number of benzene rings is 1. The normalized spacial score (nSPS) is 11.1. The third kappa shape index (κ3) is 5.24. The van der Waals surface area contributed by atoms with Crippen molar-refractivity contribution < 1.29 is 23.1 Å². The Kier molecular flexibility index (Phi) is 6.49. The molecular formula is C20H16ClF3N6O2. The smallest absolute Gasteiger partial charge is 0.405 e. The summed E-state index contributed by atoms with van der Waals surface area (Å²) in [6, 6.07) is 9.34. The van der Waals surface area contributed by atoms with E-state index in [0.29, 0.717) is 22.6 Å². The standard InChI is InChI=1S/C20H15F3N6O2.ClH/c21-20(22,23)11-27-19(31)28-14-3-1-2-13(6-14)16-9-25-17-7-12(4-5-29(16)17)15-8-26-18(30)10-24-15;/h1-10H,11H2,(H,26,30)(H2,27,28,31);1H. The molecule has 1 aromatic carbocycles. The molecule has 0 saturated carbocycles. The Bertz CT molecular complexity index is 1240. The van der Waals surface area contributed by atoms with E-state index in [0.717, 1.165) is 11.3 Å². The molecule has 32 heavy (non-hydrogen) atoms. The van der Waals surface area contributed by atoms with Crippen LogP contribution in [0.1, 0.15) is 0 Å². The van der Waals surface area contributed by atoms with Crippen LogP contribution in [0.2, 0.25) is 0 Å². The van der Waals surface area contributed by atoms with Crippen LogP contribution in [-0.2, 0) is 0 Å². The Morgan fingerprint density at radius 3 is 2.56 bits per heavy atom. The number of nitrogens with one attached hydrogen (secondary N) is 2. The first kappa shape index (κ1) is 22.8. The number of fused-ring (bicyclic) bond motifs is 1. The molecule has 0 radical (unpaired) electrons. The maximum absolute atomic E-state index is 12.2. The van der Waals surface area contributed by atoms with Gasteiger partial charge in [0, 0.05) is 23.0 Å². The van der Waals surface area contributed by atoms with E-state index < -0.39 is 18.8 Å². The number of carbonyl (C=O) groups is 1. The van der Waals surface area contributed by atoms with Crippen LogP contribution in [0, 0.1) is 0 Å². The average molecular weight is 465 g/mol. The number of rotatable bonds is 4. The minimum absolute atomic E-state index is 0. The number of anilines is 1. The van der Waals surface area contributed by atoms with Crippen molar-refractivity contribution in [3.8, 4) is 28.4 Å². The van der Waals surface area contributed by atoms with Crippen molar-refractivity contribution >= 4 is 29.8 Å². The first-order valence-electron chi connectivity index (χ1n) is 8.99. The molecule has 4 rings (SSSR count). The number of alkyl halides is 3. The highest BCUT2D eigenvalue weighted by atomic mass is 35.5. The summed E-state index contributed by atoms with van der Waals surface area (Å²) < 4.78 is 38.5. The lowest BCUT2D eigenvalue weighted by Crippen LogP contribution is -2.36. The first-order chi connectivity index (χ1) is 14.8. The molecule has 12 heteroatoms. The number of nitrogens with zero attached hydrogens (tertiary/aromatic N) is 4. The fraction of sp³-hybridized carbons (Fsp3) is 0.100. The molecule has 0 aliphatic rings. The largest absolute Gasteiger partial charge is 0.492 e. The Labute approximate surface area is 185 Å². The fourth-order valence-electron chi connectivity index (χ4n) is 2.94. The van der Waals surface area contributed by atoms with Crippen LogP contribution < -0.4 is 10.6 Å². The van der Waals surface area contributed by atoms with Crippen LogP contribution >= 0.6 is 12.4 Å². The highest BCUT2D eigenvalue weighted by Crippen LogP contribution is 2.26. The van der Waals surface area contributed by atoms with E-state index in [9.17, 15) is 23.1 Å². The van der Waals surface area contributed by atoms with E-state index in [4.69, 9.17) is 0 Å². The predicted octanol–water partition coefficient (Wildman–Crippen LogP) is 4.27. The molecule has 3 N–H and O–H groups in total. The molecule has 2 amide bonds. The molecule has 0 spiro atoms. The summed E-state index contributed by atoms with van der Waals surface area (Å²) in [5.74, 6) is -0.173. The van der Waals surface area contributed by atoms with Gasteiger partial charge in [0.25, 0.3) is 0 Å². The minimum atomic E-state index is -4.49. The van der Waals surface area contributed by atoms with Crippen molar-refractivity contribution in [1.29, 1.82) is 0 Å². The van der Waals surface area contributed by atoms with E-state index >= 15 is 0 Å². The average Bonchev–Trinajstić information content (AvgIpc) is 3.16. The number of pyridine rings is 1. The van der Waals surface area contributed by atoms with Crippen molar-refractivity contribution in [2.75, 3.05) is 11.9 Å². The fourth-order valence-corrected chi connectivity index (χ4v) is 2.94. The third-order valence-corrected chi connectivity index (χ3v) is 4.31. The van der Waals surface area contributed by atoms with Crippen molar-refractivity contribution in [1.82, 2.24) is 24.7 Å². The lowest BCUT2D eigenvalue weighted by atomic mass is 10.1. The second kappa shape index (κ2) is 9.10. The molecular weight excluding hydrogens is 449 g/mol. The predicted molar refractivity (Wildman–Crippen MR) is 114 cm³/mol. The monoisotopic (exact) mass is 464 g/mol. The first-order valence-corrected chi connectivity index (χ1v) is 8.99. The number of hydrogen-bond donors (Lipinski definition) is 3. The Hall–Kier alpha value is -3.86. The van der Waals surface area contributed by atoms with Crippen molar-refractivity contribution in [3.05, 3.63) is 61.2 Å². The van der Waals surface area contributed by atoms with Crippen LogP contribution in [0.5, 0.6) is 5.88 Å². The summed E-state index contributed by atoms with van der Waals surface area (Å²) in [5, 5.41) is 13.4. The number of urea groups is 1. The molecule has 0 unspecified atom stereocenters. The van der Waals surface area contributed by atoms with Crippen LogP contribution in [-0.4, -0.2) is 43.2 Å². The van der Waals surface area contributed by atoms with Crippen LogP contribution in [0.3, 0.4) is 0 Å². The number of carbonyl (C=O) groups excluding carboxylic acids is 1. The van der Waals surface area contributed by atoms with E-state index in [2.05, 4.69) is 20.3 Å². The molecule has 3 heterocycles. The zero-order valence-electron chi connectivity index (χ0n) is 16.2. The number of halogens is 4. The van der Waals surface area contributed by atoms with Gasteiger partial charge in [-0.25, -0.2) is 19.7 Å². The maximum Gasteiger partial charge on any atom is 0.405 e. The number of aromatic hydroxyl groups is 1. The number of imidazole rings is 1. The quantitative estimate of drug-likeness (QED) is 0.418. The van der Waals surface area contributed by atoms with Gasteiger partial charge in [0.05, 0.1) is 30.0 Å². The summed E-state index contributed by atoms with van der Waals surface area (Å²) in [4.78, 5) is 24.0. The second-order valence-corrected chi connectivity index (χ2v) is 6.55. The summed E-state index contributed by atoms with van der Waals surface area (Å²) in [6.45, 7) is -1.42. The van der Waals surface area contributed by atoms with Crippen molar-refractivity contribution in [2.24, 2.45) is 0 Å². The van der Waals surface area contributed by atoms with Gasteiger partial charge < -0.3 is 15.7 Å². The van der Waals surface area contributed by atoms with Crippen molar-refractivity contribution in [3.63, 3.8) is 0 Å². The Morgan fingerprint density at radius 2 is 1.84 bits per heavy atom. The SMILES string of the molecule is Cl.O=C(NCC(F)(F)F)Nc1cccc(-c2cnc3cc(-c4cnc(O)cn4)ccn23)c1. The summed E-state index contributed by atoms with van der Waals surface area (Å²) in [5.41, 5.74) is 3.72. The van der Waals surface area contributed by atoms with Gasteiger partial charge in [0.15, 0.2) is 0 Å². The summed E-state index contributed by atoms with van der Waals surface area (Å²) in [6.07, 6.45) is 1.65. The van der Waals surface area contributed by atoms with Gasteiger partial charge in [-0.2, -0.15) is 13.2 Å². The zero-order chi connectivity index (χ0) is 22.0. The van der Waals surface area contributed by atoms with Gasteiger partial charge in [0.2, 0.25) is 5.88 Å². The Balaban J connectivity index is 0.00000289. The molecule has 0 fully saturated rings. The molecule has 8 nitrogen and oxygen atoms in total. The molecule has 0 atom stereocenters. The van der Waals surface area contributed by atoms with E-state index in [-0.39, 0.29) is 18.3 Å². The number of amides is 2. The van der Waals surface area contributed by atoms with E-state index in [1.165, 1.54) is 12.4 Å². The minimum Gasteiger partial charge on any atom is -0.492 e.